The van der Waals surface area contributed by atoms with Gasteiger partial charge in [-0.05, 0) is 46.5 Å². The molecular weight excluding hydrogens is 394 g/mol. The summed E-state index contributed by atoms with van der Waals surface area (Å²) in [5.41, 5.74) is 3.74. The molecule has 1 amide bonds. The SMILES string of the molecule is C=C(C)[C@@H](C)[C@H](C)C(=O)Nc1ccc2ccccc2c1-c1c(OC)ccc2ccccc12. The first-order chi connectivity index (χ1) is 15.4. The number of benzene rings is 4. The van der Waals surface area contributed by atoms with E-state index in [1.165, 1.54) is 0 Å². The highest BCUT2D eigenvalue weighted by Gasteiger charge is 2.23. The molecule has 0 unspecified atom stereocenters. The van der Waals surface area contributed by atoms with Crippen molar-refractivity contribution in [1.82, 2.24) is 0 Å². The van der Waals surface area contributed by atoms with Gasteiger partial charge in [-0.25, -0.2) is 0 Å². The average molecular weight is 424 g/mol. The molecule has 162 valence electrons. The minimum Gasteiger partial charge on any atom is -0.496 e. The molecule has 0 aromatic heterocycles. The maximum atomic E-state index is 13.2. The van der Waals surface area contributed by atoms with Crippen molar-refractivity contribution < 1.29 is 9.53 Å². The molecule has 0 aliphatic heterocycles. The minimum atomic E-state index is -0.193. The van der Waals surface area contributed by atoms with Crippen molar-refractivity contribution in [2.24, 2.45) is 11.8 Å². The number of carbonyl (C=O) groups is 1. The van der Waals surface area contributed by atoms with Gasteiger partial charge in [0, 0.05) is 22.7 Å². The fourth-order valence-electron chi connectivity index (χ4n) is 4.22. The van der Waals surface area contributed by atoms with E-state index in [0.717, 1.165) is 49.7 Å². The number of fused-ring (bicyclic) bond motifs is 2. The number of nitrogens with one attached hydrogen (secondary N) is 1. The lowest BCUT2D eigenvalue weighted by Crippen LogP contribution is -2.26. The number of methoxy groups -OCH3 is 1. The minimum absolute atomic E-state index is 0.0174. The van der Waals surface area contributed by atoms with E-state index in [-0.39, 0.29) is 17.7 Å². The number of allylic oxidation sites excluding steroid dienone is 1. The van der Waals surface area contributed by atoms with Gasteiger partial charge in [0.2, 0.25) is 5.91 Å². The van der Waals surface area contributed by atoms with Crippen molar-refractivity contribution in [3.63, 3.8) is 0 Å². The Morgan fingerprint density at radius 2 is 1.38 bits per heavy atom. The van der Waals surface area contributed by atoms with Crippen LogP contribution >= 0.6 is 0 Å². The van der Waals surface area contributed by atoms with Crippen LogP contribution in [0.2, 0.25) is 0 Å². The summed E-state index contributed by atoms with van der Waals surface area (Å²) in [5, 5.41) is 7.61. The van der Waals surface area contributed by atoms with E-state index in [0.29, 0.717) is 0 Å². The summed E-state index contributed by atoms with van der Waals surface area (Å²) in [6.07, 6.45) is 0. The summed E-state index contributed by atoms with van der Waals surface area (Å²) in [7, 11) is 1.69. The molecule has 0 heterocycles. The van der Waals surface area contributed by atoms with Gasteiger partial charge in [-0.15, -0.1) is 0 Å². The molecule has 0 radical (unpaired) electrons. The zero-order chi connectivity index (χ0) is 22.8. The molecule has 0 saturated heterocycles. The Morgan fingerprint density at radius 3 is 1.97 bits per heavy atom. The molecule has 1 N–H and O–H groups in total. The molecule has 4 rings (SSSR count). The second kappa shape index (κ2) is 8.88. The van der Waals surface area contributed by atoms with Crippen LogP contribution in [0.25, 0.3) is 32.7 Å². The van der Waals surface area contributed by atoms with Crippen LogP contribution in [-0.2, 0) is 4.79 Å². The normalized spacial score (nSPS) is 13.0. The zero-order valence-corrected chi connectivity index (χ0v) is 19.1. The Morgan fingerprint density at radius 1 is 0.812 bits per heavy atom. The molecule has 0 aliphatic rings. The third kappa shape index (κ3) is 3.87. The van der Waals surface area contributed by atoms with Crippen molar-refractivity contribution in [2.45, 2.75) is 20.8 Å². The molecule has 3 heteroatoms. The molecule has 4 aromatic rings. The molecule has 4 aromatic carbocycles. The summed E-state index contributed by atoms with van der Waals surface area (Å²) < 4.78 is 5.81. The summed E-state index contributed by atoms with van der Waals surface area (Å²) in [4.78, 5) is 13.2. The van der Waals surface area contributed by atoms with Crippen molar-refractivity contribution in [3.8, 4) is 16.9 Å². The van der Waals surface area contributed by atoms with Gasteiger partial charge >= 0.3 is 0 Å². The third-order valence-electron chi connectivity index (χ3n) is 6.49. The van der Waals surface area contributed by atoms with Gasteiger partial charge in [0.05, 0.1) is 7.11 Å². The maximum Gasteiger partial charge on any atom is 0.227 e. The van der Waals surface area contributed by atoms with Gasteiger partial charge in [-0.1, -0.05) is 86.7 Å². The first kappa shape index (κ1) is 21.6. The molecule has 0 saturated carbocycles. The maximum absolute atomic E-state index is 13.2. The standard InChI is InChI=1S/C29H29NO2/c1-18(2)19(3)20(4)29(31)30-25-16-14-21-10-6-8-12-23(21)27(25)28-24-13-9-7-11-22(24)15-17-26(28)32-5/h6-17,19-20H,1H2,2-5H3,(H,30,31)/t19-,20+/m1/s1. The Labute approximate surface area is 189 Å². The van der Waals surface area contributed by atoms with E-state index in [1.807, 2.05) is 57.2 Å². The van der Waals surface area contributed by atoms with Crippen LogP contribution in [0.1, 0.15) is 20.8 Å². The second-order valence-electron chi connectivity index (χ2n) is 8.49. The highest BCUT2D eigenvalue weighted by Crippen LogP contribution is 2.44. The zero-order valence-electron chi connectivity index (χ0n) is 19.1. The molecule has 0 fully saturated rings. The smallest absolute Gasteiger partial charge is 0.227 e. The fraction of sp³-hybridized carbons (Fsp3) is 0.207. The Hall–Kier alpha value is -3.59. The Bertz CT molecular complexity index is 1320. The summed E-state index contributed by atoms with van der Waals surface area (Å²) in [5.74, 6) is 0.655. The first-order valence-corrected chi connectivity index (χ1v) is 11.0. The number of anilines is 1. The van der Waals surface area contributed by atoms with Gasteiger partial charge < -0.3 is 10.1 Å². The molecule has 2 atom stereocenters. The summed E-state index contributed by atoms with van der Waals surface area (Å²) in [6, 6.07) is 24.6. The van der Waals surface area contributed by atoms with Crippen LogP contribution < -0.4 is 10.1 Å². The highest BCUT2D eigenvalue weighted by atomic mass is 16.5. The lowest BCUT2D eigenvalue weighted by molar-refractivity contribution is -0.120. The lowest BCUT2D eigenvalue weighted by Gasteiger charge is -2.22. The van der Waals surface area contributed by atoms with Crippen molar-refractivity contribution >= 4 is 33.1 Å². The molecule has 0 bridgehead atoms. The van der Waals surface area contributed by atoms with E-state index in [2.05, 4.69) is 48.3 Å². The molecule has 32 heavy (non-hydrogen) atoms. The van der Waals surface area contributed by atoms with Crippen molar-refractivity contribution in [1.29, 1.82) is 0 Å². The van der Waals surface area contributed by atoms with Crippen LogP contribution in [0.3, 0.4) is 0 Å². The molecule has 0 spiro atoms. The average Bonchev–Trinajstić information content (AvgIpc) is 2.82. The number of ether oxygens (including phenoxy) is 1. The van der Waals surface area contributed by atoms with E-state index in [4.69, 9.17) is 4.74 Å². The largest absolute Gasteiger partial charge is 0.496 e. The number of hydrogen-bond donors (Lipinski definition) is 1. The van der Waals surface area contributed by atoms with Crippen LogP contribution in [0.5, 0.6) is 5.75 Å². The van der Waals surface area contributed by atoms with Crippen LogP contribution in [-0.4, -0.2) is 13.0 Å². The van der Waals surface area contributed by atoms with Crippen LogP contribution in [0.15, 0.2) is 84.9 Å². The molecular formula is C29H29NO2. The third-order valence-corrected chi connectivity index (χ3v) is 6.49. The van der Waals surface area contributed by atoms with Gasteiger partial charge in [0.1, 0.15) is 5.75 Å². The van der Waals surface area contributed by atoms with E-state index < -0.39 is 0 Å². The van der Waals surface area contributed by atoms with E-state index in [9.17, 15) is 4.79 Å². The number of hydrogen-bond acceptors (Lipinski definition) is 2. The quantitative estimate of drug-likeness (QED) is 0.327. The van der Waals surface area contributed by atoms with Gasteiger partial charge in [0.15, 0.2) is 0 Å². The predicted octanol–water partition coefficient (Wildman–Crippen LogP) is 7.46. The highest BCUT2D eigenvalue weighted by molar-refractivity contribution is 6.13. The van der Waals surface area contributed by atoms with E-state index in [1.54, 1.807) is 7.11 Å². The Balaban J connectivity index is 1.97. The van der Waals surface area contributed by atoms with Gasteiger partial charge in [-0.3, -0.25) is 4.79 Å². The number of carbonyl (C=O) groups excluding carboxylic acids is 1. The lowest BCUT2D eigenvalue weighted by atomic mass is 9.88. The second-order valence-corrected chi connectivity index (χ2v) is 8.49. The monoisotopic (exact) mass is 423 g/mol. The summed E-state index contributed by atoms with van der Waals surface area (Å²) in [6.45, 7) is 10.00. The molecule has 0 aliphatic carbocycles. The Kier molecular flexibility index (Phi) is 6.00. The van der Waals surface area contributed by atoms with Crippen LogP contribution in [0.4, 0.5) is 5.69 Å². The first-order valence-electron chi connectivity index (χ1n) is 11.0. The van der Waals surface area contributed by atoms with Crippen LogP contribution in [0, 0.1) is 11.8 Å². The number of amides is 1. The van der Waals surface area contributed by atoms with Gasteiger partial charge in [-0.2, -0.15) is 0 Å². The summed E-state index contributed by atoms with van der Waals surface area (Å²) >= 11 is 0. The fourth-order valence-corrected chi connectivity index (χ4v) is 4.22. The predicted molar refractivity (Wildman–Crippen MR) is 135 cm³/mol. The van der Waals surface area contributed by atoms with Crippen molar-refractivity contribution in [2.75, 3.05) is 12.4 Å². The topological polar surface area (TPSA) is 38.3 Å². The van der Waals surface area contributed by atoms with Crippen molar-refractivity contribution in [3.05, 3.63) is 84.9 Å². The van der Waals surface area contributed by atoms with E-state index >= 15 is 0 Å². The van der Waals surface area contributed by atoms with Gasteiger partial charge in [0.25, 0.3) is 0 Å². The number of rotatable bonds is 6. The molecule has 3 nitrogen and oxygen atoms in total.